The molecule has 1 aliphatic heterocycles. The molecular formula is C15H9F2N5O2. The number of rotatable bonds is 2. The van der Waals surface area contributed by atoms with Gasteiger partial charge in [-0.25, -0.2) is 18.3 Å². The molecule has 0 spiro atoms. The zero-order chi connectivity index (χ0) is 16.3. The van der Waals surface area contributed by atoms with Crippen LogP contribution in [0.15, 0.2) is 30.3 Å². The van der Waals surface area contributed by atoms with Gasteiger partial charge in [0.25, 0.3) is 5.78 Å². The molecule has 0 unspecified atom stereocenters. The Labute approximate surface area is 132 Å². The minimum absolute atomic E-state index is 0.182. The first-order valence-electron chi connectivity index (χ1n) is 7.07. The normalized spacial score (nSPS) is 13.1. The number of fused-ring (bicyclic) bond motifs is 4. The second kappa shape index (κ2) is 4.57. The zero-order valence-corrected chi connectivity index (χ0v) is 12.0. The van der Waals surface area contributed by atoms with Gasteiger partial charge in [0.15, 0.2) is 23.1 Å². The minimum Gasteiger partial charge on any atom is -0.454 e. The van der Waals surface area contributed by atoms with Gasteiger partial charge in [0, 0.05) is 23.9 Å². The molecule has 2 aromatic heterocycles. The van der Waals surface area contributed by atoms with Gasteiger partial charge in [0.2, 0.25) is 12.7 Å². The Morgan fingerprint density at radius 2 is 1.88 bits per heavy atom. The lowest BCUT2D eigenvalue weighted by atomic mass is 10.3. The average Bonchev–Trinajstić information content (AvgIpc) is 3.23. The summed E-state index contributed by atoms with van der Waals surface area (Å²) < 4.78 is 38.6. The third-order valence-corrected chi connectivity index (χ3v) is 3.74. The van der Waals surface area contributed by atoms with E-state index < -0.39 is 11.6 Å². The van der Waals surface area contributed by atoms with Crippen molar-refractivity contribution in [1.29, 1.82) is 0 Å². The Morgan fingerprint density at radius 3 is 2.71 bits per heavy atom. The Morgan fingerprint density at radius 1 is 1.04 bits per heavy atom. The van der Waals surface area contributed by atoms with E-state index in [0.29, 0.717) is 34.4 Å². The van der Waals surface area contributed by atoms with Crippen LogP contribution in [-0.4, -0.2) is 26.4 Å². The maximum Gasteiger partial charge on any atom is 0.253 e. The summed E-state index contributed by atoms with van der Waals surface area (Å²) in [6, 6.07) is 7.10. The number of imidazole rings is 1. The summed E-state index contributed by atoms with van der Waals surface area (Å²) in [5.41, 5.74) is 1.84. The summed E-state index contributed by atoms with van der Waals surface area (Å²) >= 11 is 0. The number of aromatic nitrogens is 4. The molecule has 0 atom stereocenters. The highest BCUT2D eigenvalue weighted by atomic mass is 19.2. The van der Waals surface area contributed by atoms with Crippen LogP contribution in [0, 0.1) is 11.6 Å². The van der Waals surface area contributed by atoms with E-state index in [0.717, 1.165) is 17.6 Å². The van der Waals surface area contributed by atoms with E-state index >= 15 is 0 Å². The van der Waals surface area contributed by atoms with Gasteiger partial charge in [-0.15, -0.1) is 0 Å². The van der Waals surface area contributed by atoms with Gasteiger partial charge in [-0.2, -0.15) is 4.98 Å². The third-order valence-electron chi connectivity index (χ3n) is 3.74. The lowest BCUT2D eigenvalue weighted by molar-refractivity contribution is 0.174. The Kier molecular flexibility index (Phi) is 2.50. The fourth-order valence-corrected chi connectivity index (χ4v) is 2.64. The summed E-state index contributed by atoms with van der Waals surface area (Å²) in [4.78, 5) is 8.69. The summed E-state index contributed by atoms with van der Waals surface area (Å²) in [6.45, 7) is 0.182. The first kappa shape index (κ1) is 13.1. The van der Waals surface area contributed by atoms with Crippen LogP contribution < -0.4 is 14.8 Å². The Bertz CT molecular complexity index is 1100. The number of aromatic amines is 1. The predicted molar refractivity (Wildman–Crippen MR) is 80.6 cm³/mol. The van der Waals surface area contributed by atoms with E-state index in [1.54, 1.807) is 16.6 Å². The molecule has 4 aromatic rings. The molecule has 1 aliphatic rings. The van der Waals surface area contributed by atoms with E-state index in [2.05, 4.69) is 20.4 Å². The maximum absolute atomic E-state index is 13.3. The summed E-state index contributed by atoms with van der Waals surface area (Å²) in [6.07, 6.45) is 0. The van der Waals surface area contributed by atoms with Crippen molar-refractivity contribution in [3.05, 3.63) is 42.0 Å². The topological polar surface area (TPSA) is 76.5 Å². The van der Waals surface area contributed by atoms with E-state index in [-0.39, 0.29) is 6.79 Å². The Balaban J connectivity index is 1.57. The molecule has 120 valence electrons. The van der Waals surface area contributed by atoms with Gasteiger partial charge < -0.3 is 14.8 Å². The zero-order valence-electron chi connectivity index (χ0n) is 12.0. The molecule has 0 aliphatic carbocycles. The second-order valence-corrected chi connectivity index (χ2v) is 5.27. The molecule has 5 rings (SSSR count). The van der Waals surface area contributed by atoms with Crippen molar-refractivity contribution in [2.45, 2.75) is 0 Å². The van der Waals surface area contributed by atoms with Crippen molar-refractivity contribution in [2.24, 2.45) is 0 Å². The van der Waals surface area contributed by atoms with Gasteiger partial charge >= 0.3 is 0 Å². The smallest absolute Gasteiger partial charge is 0.253 e. The highest BCUT2D eigenvalue weighted by Gasteiger charge is 2.18. The van der Waals surface area contributed by atoms with Crippen molar-refractivity contribution < 1.29 is 18.3 Å². The van der Waals surface area contributed by atoms with Crippen LogP contribution >= 0.6 is 0 Å². The van der Waals surface area contributed by atoms with Gasteiger partial charge in [0.05, 0.1) is 11.0 Å². The number of nitrogens with zero attached hydrogens (tertiary/aromatic N) is 3. The van der Waals surface area contributed by atoms with Crippen molar-refractivity contribution in [2.75, 3.05) is 12.1 Å². The maximum atomic E-state index is 13.3. The molecule has 0 saturated carbocycles. The number of nitrogens with one attached hydrogen (secondary N) is 2. The number of H-pyrrole nitrogens is 1. The minimum atomic E-state index is -0.936. The molecule has 9 heteroatoms. The van der Waals surface area contributed by atoms with Crippen LogP contribution in [0.4, 0.5) is 20.4 Å². The molecule has 2 aromatic carbocycles. The van der Waals surface area contributed by atoms with Crippen LogP contribution in [0.1, 0.15) is 0 Å². The molecule has 0 amide bonds. The number of hydrogen-bond donors (Lipinski definition) is 2. The molecular weight excluding hydrogens is 320 g/mol. The molecule has 24 heavy (non-hydrogen) atoms. The number of halogens is 2. The first-order chi connectivity index (χ1) is 11.7. The molecule has 0 bridgehead atoms. The highest BCUT2D eigenvalue weighted by Crippen LogP contribution is 2.36. The van der Waals surface area contributed by atoms with Crippen LogP contribution in [0.3, 0.4) is 0 Å². The Hall–Kier alpha value is -3.36. The fourth-order valence-electron chi connectivity index (χ4n) is 2.64. The molecule has 7 nitrogen and oxygen atoms in total. The second-order valence-electron chi connectivity index (χ2n) is 5.27. The first-order valence-corrected chi connectivity index (χ1v) is 7.07. The number of benzene rings is 2. The standard InChI is InChI=1S/C15H9F2N5O2/c16-8-2-1-7(3-9(8)17)18-14-20-15-19-10-4-12-13(24-6-23-12)5-11(10)22(15)21-14/h1-5H,6H2,(H2,18,19,20,21). The van der Waals surface area contributed by atoms with Gasteiger partial charge in [-0.05, 0) is 12.1 Å². The van der Waals surface area contributed by atoms with Crippen molar-refractivity contribution in [3.8, 4) is 11.5 Å². The number of ether oxygens (including phenoxy) is 2. The van der Waals surface area contributed by atoms with Gasteiger partial charge in [0.1, 0.15) is 0 Å². The van der Waals surface area contributed by atoms with Crippen LogP contribution in [0.5, 0.6) is 11.5 Å². The predicted octanol–water partition coefficient (Wildman–Crippen LogP) is 2.96. The molecule has 2 N–H and O–H groups in total. The molecule has 3 heterocycles. The van der Waals surface area contributed by atoms with Crippen molar-refractivity contribution in [1.82, 2.24) is 19.6 Å². The van der Waals surface area contributed by atoms with Crippen LogP contribution in [0.25, 0.3) is 16.8 Å². The monoisotopic (exact) mass is 329 g/mol. The summed E-state index contributed by atoms with van der Waals surface area (Å²) in [7, 11) is 0. The molecule has 0 radical (unpaired) electrons. The summed E-state index contributed by atoms with van der Waals surface area (Å²) in [5, 5.41) is 5.89. The molecule has 0 fully saturated rings. The average molecular weight is 329 g/mol. The number of anilines is 2. The largest absolute Gasteiger partial charge is 0.454 e. The lowest BCUT2D eigenvalue weighted by Crippen LogP contribution is -1.95. The number of hydrogen-bond acceptors (Lipinski definition) is 5. The van der Waals surface area contributed by atoms with Crippen LogP contribution in [0.2, 0.25) is 0 Å². The van der Waals surface area contributed by atoms with Gasteiger partial charge in [-0.3, -0.25) is 5.10 Å². The van der Waals surface area contributed by atoms with Gasteiger partial charge in [-0.1, -0.05) is 0 Å². The summed E-state index contributed by atoms with van der Waals surface area (Å²) in [5.74, 6) is 0.214. The van der Waals surface area contributed by atoms with Crippen molar-refractivity contribution >= 4 is 28.4 Å². The highest BCUT2D eigenvalue weighted by molar-refractivity contribution is 5.83. The van der Waals surface area contributed by atoms with E-state index in [4.69, 9.17) is 9.47 Å². The van der Waals surface area contributed by atoms with E-state index in [9.17, 15) is 8.78 Å². The van der Waals surface area contributed by atoms with E-state index in [1.807, 2.05) is 0 Å². The van der Waals surface area contributed by atoms with E-state index in [1.165, 1.54) is 6.07 Å². The quantitative estimate of drug-likeness (QED) is 0.591. The molecule has 0 saturated heterocycles. The fraction of sp³-hybridized carbons (Fsp3) is 0.0667. The SMILES string of the molecule is Fc1ccc(Nc2nc3nc4cc5c(cc4n3[nH]2)OCO5)cc1F. The van der Waals surface area contributed by atoms with Crippen molar-refractivity contribution in [3.63, 3.8) is 0 Å². The lowest BCUT2D eigenvalue weighted by Gasteiger charge is -2.02. The van der Waals surface area contributed by atoms with Crippen LogP contribution in [-0.2, 0) is 0 Å². The third kappa shape index (κ3) is 1.87.